The summed E-state index contributed by atoms with van der Waals surface area (Å²) in [6.45, 7) is 11.9. The van der Waals surface area contributed by atoms with Crippen molar-refractivity contribution in [2.75, 3.05) is 36.4 Å². The third kappa shape index (κ3) is 7.39. The number of carbonyl (C=O) groups is 2. The normalized spacial score (nSPS) is 14.3. The minimum absolute atomic E-state index is 0.0510. The molecule has 1 aliphatic rings. The van der Waals surface area contributed by atoms with Crippen molar-refractivity contribution >= 4 is 23.4 Å². The topological polar surface area (TPSA) is 61.9 Å². The first-order valence-corrected chi connectivity index (χ1v) is 13.7. The summed E-state index contributed by atoms with van der Waals surface area (Å²) in [4.78, 5) is 29.7. The van der Waals surface area contributed by atoms with Crippen molar-refractivity contribution in [3.8, 4) is 11.1 Å². The van der Waals surface area contributed by atoms with Gasteiger partial charge in [0.1, 0.15) is 5.60 Å². The van der Waals surface area contributed by atoms with Crippen LogP contribution in [0.2, 0.25) is 0 Å². The molecule has 6 nitrogen and oxygen atoms in total. The molecule has 0 bridgehead atoms. The number of hydrogen-bond donors (Lipinski definition) is 1. The van der Waals surface area contributed by atoms with Crippen LogP contribution in [-0.2, 0) is 10.9 Å². The Morgan fingerprint density at radius 1 is 0.854 bits per heavy atom. The molecule has 3 aromatic carbocycles. The summed E-state index contributed by atoms with van der Waals surface area (Å²) < 4.78 is 44.9. The standard InChI is InChI=1S/C32H36F3N3O3/c1-21(2)26-7-6-8-27(28(26)22-9-11-23(12-10-22)32(33,34)35)29(39)36-24-13-15-25(16-14-24)37-17-19-38(20-18-37)30(40)41-31(3,4)5/h6-16,21H,17-20H2,1-5H3,(H,36,39). The van der Waals surface area contributed by atoms with Gasteiger partial charge < -0.3 is 19.9 Å². The van der Waals surface area contributed by atoms with Crippen molar-refractivity contribution < 1.29 is 27.5 Å². The van der Waals surface area contributed by atoms with E-state index in [1.165, 1.54) is 12.1 Å². The van der Waals surface area contributed by atoms with Crippen LogP contribution >= 0.6 is 0 Å². The van der Waals surface area contributed by atoms with Gasteiger partial charge in [-0.05, 0) is 85.8 Å². The number of rotatable bonds is 5. The number of piperazine rings is 1. The Kier molecular flexibility index (Phi) is 8.66. The fourth-order valence-corrected chi connectivity index (χ4v) is 4.82. The molecular formula is C32H36F3N3O3. The van der Waals surface area contributed by atoms with E-state index in [1.807, 2.05) is 65.0 Å². The van der Waals surface area contributed by atoms with Crippen molar-refractivity contribution in [2.45, 2.75) is 52.3 Å². The average Bonchev–Trinajstić information content (AvgIpc) is 2.92. The zero-order valence-corrected chi connectivity index (χ0v) is 24.0. The molecule has 0 unspecified atom stereocenters. The van der Waals surface area contributed by atoms with E-state index >= 15 is 0 Å². The maximum absolute atomic E-state index is 13.4. The molecule has 2 amide bonds. The largest absolute Gasteiger partial charge is 0.444 e. The number of alkyl halides is 3. The summed E-state index contributed by atoms with van der Waals surface area (Å²) in [6, 6.07) is 17.8. The SMILES string of the molecule is CC(C)c1cccc(C(=O)Nc2ccc(N3CCN(C(=O)OC(C)(C)C)CC3)cc2)c1-c1ccc(C(F)(F)F)cc1. The van der Waals surface area contributed by atoms with Gasteiger partial charge in [0.05, 0.1) is 5.56 Å². The van der Waals surface area contributed by atoms with E-state index in [4.69, 9.17) is 4.74 Å². The lowest BCUT2D eigenvalue weighted by atomic mass is 9.88. The van der Waals surface area contributed by atoms with E-state index in [-0.39, 0.29) is 17.9 Å². The van der Waals surface area contributed by atoms with Crippen LogP contribution in [0.5, 0.6) is 0 Å². The molecule has 1 heterocycles. The molecule has 9 heteroatoms. The summed E-state index contributed by atoms with van der Waals surface area (Å²) in [5.74, 6) is -0.295. The summed E-state index contributed by atoms with van der Waals surface area (Å²) in [5.41, 5.74) is 2.72. The molecule has 0 aliphatic carbocycles. The zero-order valence-electron chi connectivity index (χ0n) is 24.0. The highest BCUT2D eigenvalue weighted by molar-refractivity contribution is 6.09. The van der Waals surface area contributed by atoms with Crippen LogP contribution in [-0.4, -0.2) is 48.7 Å². The first-order chi connectivity index (χ1) is 19.2. The number of nitrogens with zero attached hydrogens (tertiary/aromatic N) is 2. The molecule has 218 valence electrons. The third-order valence-corrected chi connectivity index (χ3v) is 6.89. The number of hydrogen-bond acceptors (Lipinski definition) is 4. The quantitative estimate of drug-likeness (QED) is 0.342. The summed E-state index contributed by atoms with van der Waals surface area (Å²) in [7, 11) is 0. The molecule has 0 saturated carbocycles. The van der Waals surface area contributed by atoms with Crippen LogP contribution in [0.25, 0.3) is 11.1 Å². The number of halogens is 3. The monoisotopic (exact) mass is 567 g/mol. The number of carbonyl (C=O) groups excluding carboxylic acids is 2. The van der Waals surface area contributed by atoms with Crippen molar-refractivity contribution in [3.05, 3.63) is 83.4 Å². The predicted molar refractivity (Wildman–Crippen MR) is 155 cm³/mol. The van der Waals surface area contributed by atoms with Gasteiger partial charge in [-0.3, -0.25) is 4.79 Å². The average molecular weight is 568 g/mol. The fourth-order valence-electron chi connectivity index (χ4n) is 4.82. The van der Waals surface area contributed by atoms with Crippen LogP contribution in [0.1, 0.15) is 62.0 Å². The Morgan fingerprint density at radius 2 is 1.46 bits per heavy atom. The Balaban J connectivity index is 1.48. The van der Waals surface area contributed by atoms with Gasteiger partial charge in [-0.1, -0.05) is 38.1 Å². The third-order valence-electron chi connectivity index (χ3n) is 6.89. The smallest absolute Gasteiger partial charge is 0.416 e. The second-order valence-corrected chi connectivity index (χ2v) is 11.5. The molecule has 41 heavy (non-hydrogen) atoms. The van der Waals surface area contributed by atoms with Gasteiger partial charge in [-0.15, -0.1) is 0 Å². The number of nitrogens with one attached hydrogen (secondary N) is 1. The first kappa shape index (κ1) is 30.0. The Bertz CT molecular complexity index is 1370. The van der Waals surface area contributed by atoms with Crippen molar-refractivity contribution in [3.63, 3.8) is 0 Å². The highest BCUT2D eigenvalue weighted by Crippen LogP contribution is 2.36. The van der Waals surface area contributed by atoms with Crippen LogP contribution in [0, 0.1) is 0 Å². The maximum atomic E-state index is 13.4. The van der Waals surface area contributed by atoms with Crippen LogP contribution in [0.15, 0.2) is 66.7 Å². The highest BCUT2D eigenvalue weighted by atomic mass is 19.4. The Morgan fingerprint density at radius 3 is 2.00 bits per heavy atom. The molecule has 4 rings (SSSR count). The minimum Gasteiger partial charge on any atom is -0.444 e. The molecule has 0 radical (unpaired) electrons. The first-order valence-electron chi connectivity index (χ1n) is 13.7. The number of anilines is 2. The fraction of sp³-hybridized carbons (Fsp3) is 0.375. The van der Waals surface area contributed by atoms with Gasteiger partial charge in [-0.25, -0.2) is 4.79 Å². The lowest BCUT2D eigenvalue weighted by Crippen LogP contribution is -2.50. The van der Waals surface area contributed by atoms with Gasteiger partial charge in [0.15, 0.2) is 0 Å². The van der Waals surface area contributed by atoms with Crippen LogP contribution in [0.4, 0.5) is 29.3 Å². The van der Waals surface area contributed by atoms with E-state index in [0.29, 0.717) is 48.6 Å². The number of ether oxygens (including phenoxy) is 1. The Hall–Kier alpha value is -4.01. The molecule has 0 aromatic heterocycles. The second-order valence-electron chi connectivity index (χ2n) is 11.5. The summed E-state index contributed by atoms with van der Waals surface area (Å²) in [6.07, 6.45) is -4.75. The van der Waals surface area contributed by atoms with E-state index < -0.39 is 17.3 Å². The van der Waals surface area contributed by atoms with E-state index in [1.54, 1.807) is 17.0 Å². The number of benzene rings is 3. The maximum Gasteiger partial charge on any atom is 0.416 e. The zero-order chi connectivity index (χ0) is 29.9. The molecular weight excluding hydrogens is 531 g/mol. The summed E-state index contributed by atoms with van der Waals surface area (Å²) >= 11 is 0. The molecule has 0 atom stereocenters. The van der Waals surface area contributed by atoms with Gasteiger partial charge in [-0.2, -0.15) is 13.2 Å². The van der Waals surface area contributed by atoms with E-state index in [2.05, 4.69) is 10.2 Å². The van der Waals surface area contributed by atoms with E-state index in [0.717, 1.165) is 23.4 Å². The van der Waals surface area contributed by atoms with Gasteiger partial charge >= 0.3 is 12.3 Å². The second kappa shape index (κ2) is 11.8. The van der Waals surface area contributed by atoms with Crippen molar-refractivity contribution in [1.29, 1.82) is 0 Å². The lowest BCUT2D eigenvalue weighted by Gasteiger charge is -2.36. The summed E-state index contributed by atoms with van der Waals surface area (Å²) in [5, 5.41) is 2.94. The van der Waals surface area contributed by atoms with E-state index in [9.17, 15) is 22.8 Å². The van der Waals surface area contributed by atoms with Gasteiger partial charge in [0.2, 0.25) is 0 Å². The molecule has 1 fully saturated rings. The lowest BCUT2D eigenvalue weighted by molar-refractivity contribution is -0.137. The van der Waals surface area contributed by atoms with Crippen molar-refractivity contribution in [1.82, 2.24) is 4.90 Å². The van der Waals surface area contributed by atoms with Gasteiger partial charge in [0, 0.05) is 43.1 Å². The molecule has 0 spiro atoms. The molecule has 1 saturated heterocycles. The number of amides is 2. The van der Waals surface area contributed by atoms with Crippen LogP contribution < -0.4 is 10.2 Å². The molecule has 3 aromatic rings. The van der Waals surface area contributed by atoms with Gasteiger partial charge in [0.25, 0.3) is 5.91 Å². The molecule has 1 N–H and O–H groups in total. The van der Waals surface area contributed by atoms with Crippen molar-refractivity contribution in [2.24, 2.45) is 0 Å². The predicted octanol–water partition coefficient (Wildman–Crippen LogP) is 7.81. The van der Waals surface area contributed by atoms with Crippen LogP contribution in [0.3, 0.4) is 0 Å². The Labute approximate surface area is 239 Å². The minimum atomic E-state index is -4.44. The molecule has 1 aliphatic heterocycles. The highest BCUT2D eigenvalue weighted by Gasteiger charge is 2.30.